The molecule has 0 unspecified atom stereocenters. The summed E-state index contributed by atoms with van der Waals surface area (Å²) in [6, 6.07) is 0. The first-order valence-corrected chi connectivity index (χ1v) is 3.04. The van der Waals surface area contributed by atoms with E-state index in [1.54, 1.807) is 11.9 Å². The number of likely N-dealkylation sites (tertiary alicyclic amines) is 1. The SMILES string of the molecule is CN1C[C@](C)(N)CC1=O. The minimum Gasteiger partial charge on any atom is -0.344 e. The van der Waals surface area contributed by atoms with E-state index in [-0.39, 0.29) is 11.4 Å². The highest BCUT2D eigenvalue weighted by Crippen LogP contribution is 2.16. The van der Waals surface area contributed by atoms with Gasteiger partial charge < -0.3 is 10.6 Å². The lowest BCUT2D eigenvalue weighted by atomic mass is 10.0. The summed E-state index contributed by atoms with van der Waals surface area (Å²) in [5.41, 5.74) is 5.41. The Morgan fingerprint density at radius 3 is 2.44 bits per heavy atom. The van der Waals surface area contributed by atoms with Gasteiger partial charge in [-0.05, 0) is 6.92 Å². The normalized spacial score (nSPS) is 35.9. The van der Waals surface area contributed by atoms with Gasteiger partial charge in [0.05, 0.1) is 0 Å². The molecule has 3 heteroatoms. The van der Waals surface area contributed by atoms with Gasteiger partial charge in [0.25, 0.3) is 0 Å². The predicted molar refractivity (Wildman–Crippen MR) is 34.8 cm³/mol. The van der Waals surface area contributed by atoms with E-state index in [9.17, 15) is 4.79 Å². The molecule has 0 radical (unpaired) electrons. The highest BCUT2D eigenvalue weighted by atomic mass is 16.2. The lowest BCUT2D eigenvalue weighted by Gasteiger charge is -2.14. The standard InChI is InChI=1S/C6H12N2O/c1-6(7)3-5(9)8(2)4-6/h3-4,7H2,1-2H3/t6-/m1/s1. The van der Waals surface area contributed by atoms with Crippen molar-refractivity contribution in [3.63, 3.8) is 0 Å². The fraction of sp³-hybridized carbons (Fsp3) is 0.833. The summed E-state index contributed by atoms with van der Waals surface area (Å²) in [6.07, 6.45) is 0.490. The lowest BCUT2D eigenvalue weighted by Crippen LogP contribution is -2.38. The van der Waals surface area contributed by atoms with Crippen LogP contribution in [-0.2, 0) is 4.79 Å². The third kappa shape index (κ3) is 1.21. The molecule has 0 aromatic carbocycles. The topological polar surface area (TPSA) is 46.3 Å². The molecule has 52 valence electrons. The summed E-state index contributed by atoms with van der Waals surface area (Å²) in [5.74, 6) is 0.153. The van der Waals surface area contributed by atoms with Crippen LogP contribution >= 0.6 is 0 Å². The maximum atomic E-state index is 10.8. The minimum absolute atomic E-state index is 0.153. The average molecular weight is 128 g/mol. The van der Waals surface area contributed by atoms with Crippen LogP contribution in [0.1, 0.15) is 13.3 Å². The number of hydrogen-bond donors (Lipinski definition) is 1. The second-order valence-electron chi connectivity index (χ2n) is 3.08. The van der Waals surface area contributed by atoms with Gasteiger partial charge in [-0.15, -0.1) is 0 Å². The third-order valence-electron chi connectivity index (χ3n) is 1.58. The van der Waals surface area contributed by atoms with E-state index in [1.807, 2.05) is 6.92 Å². The maximum absolute atomic E-state index is 10.8. The van der Waals surface area contributed by atoms with Gasteiger partial charge >= 0.3 is 0 Å². The van der Waals surface area contributed by atoms with Crippen LogP contribution in [0.15, 0.2) is 0 Å². The monoisotopic (exact) mass is 128 g/mol. The molecular formula is C6H12N2O. The molecule has 3 nitrogen and oxygen atoms in total. The molecular weight excluding hydrogens is 116 g/mol. The summed E-state index contributed by atoms with van der Waals surface area (Å²) in [7, 11) is 1.78. The van der Waals surface area contributed by atoms with Gasteiger partial charge in [-0.25, -0.2) is 0 Å². The van der Waals surface area contributed by atoms with Gasteiger partial charge in [0.1, 0.15) is 0 Å². The fourth-order valence-electron chi connectivity index (χ4n) is 1.17. The Labute approximate surface area is 54.8 Å². The highest BCUT2D eigenvalue weighted by Gasteiger charge is 2.33. The molecule has 0 aromatic heterocycles. The maximum Gasteiger partial charge on any atom is 0.224 e. The average Bonchev–Trinajstić information content (AvgIpc) is 1.79. The molecule has 1 atom stereocenters. The number of amides is 1. The molecule has 1 aliphatic rings. The molecule has 1 heterocycles. The molecule has 1 amide bonds. The van der Waals surface area contributed by atoms with Crippen LogP contribution < -0.4 is 5.73 Å². The molecule has 1 fully saturated rings. The van der Waals surface area contributed by atoms with E-state index in [0.717, 1.165) is 0 Å². The Morgan fingerprint density at radius 2 is 2.33 bits per heavy atom. The summed E-state index contributed by atoms with van der Waals surface area (Å²) in [4.78, 5) is 12.5. The Hall–Kier alpha value is -0.570. The van der Waals surface area contributed by atoms with Gasteiger partial charge in [-0.3, -0.25) is 4.79 Å². The molecule has 0 aromatic rings. The van der Waals surface area contributed by atoms with Crippen LogP contribution in [0, 0.1) is 0 Å². The molecule has 9 heavy (non-hydrogen) atoms. The summed E-state index contributed by atoms with van der Waals surface area (Å²) in [6.45, 7) is 2.58. The van der Waals surface area contributed by atoms with Crippen LogP contribution in [0.4, 0.5) is 0 Å². The van der Waals surface area contributed by atoms with Crippen LogP contribution in [0.2, 0.25) is 0 Å². The number of hydrogen-bond acceptors (Lipinski definition) is 2. The quantitative estimate of drug-likeness (QED) is 0.481. The van der Waals surface area contributed by atoms with Gasteiger partial charge in [-0.1, -0.05) is 0 Å². The van der Waals surface area contributed by atoms with Crippen molar-refractivity contribution in [1.29, 1.82) is 0 Å². The number of likely N-dealkylation sites (N-methyl/N-ethyl adjacent to an activating group) is 1. The second kappa shape index (κ2) is 1.70. The van der Waals surface area contributed by atoms with Crippen molar-refractivity contribution >= 4 is 5.91 Å². The fourth-order valence-corrected chi connectivity index (χ4v) is 1.17. The zero-order chi connectivity index (χ0) is 7.07. The van der Waals surface area contributed by atoms with E-state index in [2.05, 4.69) is 0 Å². The zero-order valence-electron chi connectivity index (χ0n) is 5.85. The van der Waals surface area contributed by atoms with Crippen LogP contribution in [0.3, 0.4) is 0 Å². The van der Waals surface area contributed by atoms with Gasteiger partial charge in [0.2, 0.25) is 5.91 Å². The molecule has 0 spiro atoms. The van der Waals surface area contributed by atoms with Crippen molar-refractivity contribution in [3.05, 3.63) is 0 Å². The highest BCUT2D eigenvalue weighted by molar-refractivity contribution is 5.79. The summed E-state index contributed by atoms with van der Waals surface area (Å²) < 4.78 is 0. The molecule has 1 rings (SSSR count). The predicted octanol–water partition coefficient (Wildman–Crippen LogP) is -0.434. The van der Waals surface area contributed by atoms with Crippen molar-refractivity contribution in [2.24, 2.45) is 5.73 Å². The van der Waals surface area contributed by atoms with Gasteiger partial charge in [-0.2, -0.15) is 0 Å². The van der Waals surface area contributed by atoms with E-state index in [1.165, 1.54) is 0 Å². The van der Waals surface area contributed by atoms with Crippen molar-refractivity contribution < 1.29 is 4.79 Å². The first-order valence-electron chi connectivity index (χ1n) is 3.04. The Kier molecular flexibility index (Phi) is 1.24. The number of rotatable bonds is 0. The second-order valence-corrected chi connectivity index (χ2v) is 3.08. The van der Waals surface area contributed by atoms with Gasteiger partial charge in [0.15, 0.2) is 0 Å². The van der Waals surface area contributed by atoms with Crippen molar-refractivity contribution in [2.45, 2.75) is 18.9 Å². The van der Waals surface area contributed by atoms with E-state index in [0.29, 0.717) is 13.0 Å². The number of nitrogens with two attached hydrogens (primary N) is 1. The third-order valence-corrected chi connectivity index (χ3v) is 1.58. The largest absolute Gasteiger partial charge is 0.344 e. The Morgan fingerprint density at radius 1 is 1.78 bits per heavy atom. The van der Waals surface area contributed by atoms with Gasteiger partial charge in [0, 0.05) is 25.6 Å². The van der Waals surface area contributed by atoms with E-state index >= 15 is 0 Å². The summed E-state index contributed by atoms with van der Waals surface area (Å²) >= 11 is 0. The van der Waals surface area contributed by atoms with Crippen molar-refractivity contribution in [3.8, 4) is 0 Å². The minimum atomic E-state index is -0.286. The van der Waals surface area contributed by atoms with Crippen molar-refractivity contribution in [2.75, 3.05) is 13.6 Å². The Bertz CT molecular complexity index is 142. The molecule has 1 saturated heterocycles. The number of carbonyl (C=O) groups is 1. The first-order chi connectivity index (χ1) is 4.01. The molecule has 0 aliphatic carbocycles. The molecule has 2 N–H and O–H groups in total. The molecule has 1 aliphatic heterocycles. The summed E-state index contributed by atoms with van der Waals surface area (Å²) in [5, 5.41) is 0. The van der Waals surface area contributed by atoms with Crippen LogP contribution in [0.25, 0.3) is 0 Å². The number of nitrogens with zero attached hydrogens (tertiary/aromatic N) is 1. The zero-order valence-corrected chi connectivity index (χ0v) is 5.85. The van der Waals surface area contributed by atoms with Crippen molar-refractivity contribution in [1.82, 2.24) is 4.90 Å². The molecule has 0 saturated carbocycles. The molecule has 0 bridgehead atoms. The number of carbonyl (C=O) groups excluding carboxylic acids is 1. The van der Waals surface area contributed by atoms with E-state index in [4.69, 9.17) is 5.73 Å². The van der Waals surface area contributed by atoms with E-state index < -0.39 is 0 Å². The smallest absolute Gasteiger partial charge is 0.224 e. The Balaban J connectivity index is 2.65. The van der Waals surface area contributed by atoms with Crippen LogP contribution in [0.5, 0.6) is 0 Å². The lowest BCUT2D eigenvalue weighted by molar-refractivity contribution is -0.126. The van der Waals surface area contributed by atoms with Crippen LogP contribution in [-0.4, -0.2) is 29.9 Å². The first kappa shape index (κ1) is 6.55.